The molecule has 1 N–H and O–H groups in total. The third kappa shape index (κ3) is 3.46. The number of benzene rings is 1. The van der Waals surface area contributed by atoms with E-state index in [0.717, 1.165) is 15.7 Å². The van der Waals surface area contributed by atoms with Crippen molar-refractivity contribution >= 4 is 27.7 Å². The molecule has 0 spiro atoms. The zero-order valence-electron chi connectivity index (χ0n) is 13.0. The molecule has 2 aromatic heterocycles. The lowest BCUT2D eigenvalue weighted by atomic mass is 10.2. The molecule has 1 aromatic carbocycles. The van der Waals surface area contributed by atoms with E-state index in [1.807, 2.05) is 19.1 Å². The van der Waals surface area contributed by atoms with Crippen LogP contribution in [0.4, 0.5) is 5.88 Å². The second kappa shape index (κ2) is 6.84. The zero-order valence-corrected chi connectivity index (χ0v) is 14.6. The Morgan fingerprint density at radius 2 is 1.96 bits per heavy atom. The zero-order chi connectivity index (χ0) is 17.1. The Morgan fingerprint density at radius 1 is 1.21 bits per heavy atom. The van der Waals surface area contributed by atoms with E-state index < -0.39 is 0 Å². The third-order valence-corrected chi connectivity index (χ3v) is 3.96. The van der Waals surface area contributed by atoms with Crippen molar-refractivity contribution in [3.63, 3.8) is 0 Å². The molecule has 0 saturated carbocycles. The molecule has 0 bridgehead atoms. The Morgan fingerprint density at radius 3 is 2.62 bits per heavy atom. The topological polar surface area (TPSA) is 77.3 Å². The number of amides is 1. The van der Waals surface area contributed by atoms with Gasteiger partial charge in [0.15, 0.2) is 0 Å². The van der Waals surface area contributed by atoms with Crippen molar-refractivity contribution in [2.75, 3.05) is 5.32 Å². The Labute approximate surface area is 147 Å². The van der Waals surface area contributed by atoms with Crippen molar-refractivity contribution in [2.45, 2.75) is 13.8 Å². The van der Waals surface area contributed by atoms with E-state index in [2.05, 4.69) is 31.4 Å². The van der Waals surface area contributed by atoms with E-state index >= 15 is 0 Å². The minimum atomic E-state index is -0.380. The van der Waals surface area contributed by atoms with Crippen LogP contribution < -0.4 is 10.1 Å². The molecule has 2 heterocycles. The molecular weight excluding hydrogens is 374 g/mol. The molecule has 0 fully saturated rings. The van der Waals surface area contributed by atoms with Crippen LogP contribution >= 0.6 is 15.9 Å². The quantitative estimate of drug-likeness (QED) is 0.713. The summed E-state index contributed by atoms with van der Waals surface area (Å²) in [6.45, 7) is 3.63. The molecule has 6 nitrogen and oxygen atoms in total. The van der Waals surface area contributed by atoms with Gasteiger partial charge in [-0.25, -0.2) is 4.98 Å². The number of aryl methyl sites for hydroxylation is 1. The van der Waals surface area contributed by atoms with Crippen LogP contribution in [0.3, 0.4) is 0 Å². The van der Waals surface area contributed by atoms with Crippen LogP contribution in [0.2, 0.25) is 0 Å². The lowest BCUT2D eigenvalue weighted by molar-refractivity contribution is 0.102. The van der Waals surface area contributed by atoms with E-state index in [-0.39, 0.29) is 11.8 Å². The molecule has 3 rings (SSSR count). The molecule has 0 aliphatic heterocycles. The van der Waals surface area contributed by atoms with E-state index in [4.69, 9.17) is 9.26 Å². The van der Waals surface area contributed by atoms with Crippen LogP contribution in [0, 0.1) is 13.8 Å². The van der Waals surface area contributed by atoms with Crippen molar-refractivity contribution in [1.82, 2.24) is 10.1 Å². The summed E-state index contributed by atoms with van der Waals surface area (Å²) in [6, 6.07) is 10.6. The smallest absolute Gasteiger partial charge is 0.263 e. The fourth-order valence-electron chi connectivity index (χ4n) is 1.96. The summed E-state index contributed by atoms with van der Waals surface area (Å²) in [7, 11) is 0. The molecule has 0 saturated heterocycles. The number of hydrogen-bond donors (Lipinski definition) is 1. The van der Waals surface area contributed by atoms with Crippen molar-refractivity contribution in [3.05, 3.63) is 63.9 Å². The van der Waals surface area contributed by atoms with Gasteiger partial charge in [-0.2, -0.15) is 0 Å². The fourth-order valence-corrected chi connectivity index (χ4v) is 2.23. The van der Waals surface area contributed by atoms with Crippen molar-refractivity contribution in [2.24, 2.45) is 0 Å². The first kappa shape index (κ1) is 16.2. The van der Waals surface area contributed by atoms with Gasteiger partial charge >= 0.3 is 0 Å². The number of carbonyl (C=O) groups excluding carboxylic acids is 1. The Balaban J connectivity index is 1.84. The van der Waals surface area contributed by atoms with Gasteiger partial charge in [-0.3, -0.25) is 10.1 Å². The average Bonchev–Trinajstić information content (AvgIpc) is 2.89. The molecule has 0 aliphatic rings. The predicted octanol–water partition coefficient (Wildman–Crippen LogP) is 4.49. The summed E-state index contributed by atoms with van der Waals surface area (Å²) in [5.74, 6) is 0.731. The number of anilines is 1. The summed E-state index contributed by atoms with van der Waals surface area (Å²) in [5.41, 5.74) is 1.80. The molecule has 3 aromatic rings. The maximum Gasteiger partial charge on any atom is 0.263 e. The maximum atomic E-state index is 12.5. The van der Waals surface area contributed by atoms with Gasteiger partial charge < -0.3 is 9.26 Å². The lowest BCUT2D eigenvalue weighted by Crippen LogP contribution is -2.13. The average molecular weight is 388 g/mol. The van der Waals surface area contributed by atoms with Crippen LogP contribution in [0.5, 0.6) is 11.6 Å². The Kier molecular flexibility index (Phi) is 4.61. The van der Waals surface area contributed by atoms with Crippen molar-refractivity contribution in [3.8, 4) is 11.6 Å². The number of aromatic nitrogens is 2. The van der Waals surface area contributed by atoms with Gasteiger partial charge in [0, 0.05) is 16.2 Å². The monoisotopic (exact) mass is 387 g/mol. The van der Waals surface area contributed by atoms with Gasteiger partial charge in [0.2, 0.25) is 11.8 Å². The Hall–Kier alpha value is -2.67. The number of nitrogens with zero attached hydrogens (tertiary/aromatic N) is 2. The molecule has 0 atom stereocenters. The maximum absolute atomic E-state index is 12.5. The highest BCUT2D eigenvalue weighted by atomic mass is 79.9. The summed E-state index contributed by atoms with van der Waals surface area (Å²) in [4.78, 5) is 16.7. The first-order chi connectivity index (χ1) is 11.5. The van der Waals surface area contributed by atoms with Crippen LogP contribution in [0.1, 0.15) is 21.6 Å². The van der Waals surface area contributed by atoms with Crippen molar-refractivity contribution < 1.29 is 14.1 Å². The number of halogens is 1. The summed E-state index contributed by atoms with van der Waals surface area (Å²) >= 11 is 3.36. The highest BCUT2D eigenvalue weighted by Crippen LogP contribution is 2.26. The third-order valence-electron chi connectivity index (χ3n) is 3.43. The highest BCUT2D eigenvalue weighted by Gasteiger charge is 2.18. The van der Waals surface area contributed by atoms with Gasteiger partial charge in [-0.1, -0.05) is 21.1 Å². The summed E-state index contributed by atoms with van der Waals surface area (Å²) < 4.78 is 11.8. The first-order valence-electron chi connectivity index (χ1n) is 7.17. The Bertz CT molecular complexity index is 875. The first-order valence-corrected chi connectivity index (χ1v) is 7.96. The largest absolute Gasteiger partial charge is 0.438 e. The lowest BCUT2D eigenvalue weighted by Gasteiger charge is -2.09. The second-order valence-electron chi connectivity index (χ2n) is 5.09. The molecular formula is C17H14BrN3O3. The number of carbonyl (C=O) groups is 1. The molecule has 0 radical (unpaired) electrons. The van der Waals surface area contributed by atoms with Crippen LogP contribution in [0.25, 0.3) is 0 Å². The van der Waals surface area contributed by atoms with Crippen molar-refractivity contribution in [1.29, 1.82) is 0 Å². The molecule has 24 heavy (non-hydrogen) atoms. The van der Waals surface area contributed by atoms with E-state index in [1.54, 1.807) is 37.4 Å². The summed E-state index contributed by atoms with van der Waals surface area (Å²) in [6.07, 6.45) is 1.56. The minimum absolute atomic E-state index is 0.214. The molecule has 1 amide bonds. The minimum Gasteiger partial charge on any atom is -0.438 e. The highest BCUT2D eigenvalue weighted by molar-refractivity contribution is 9.10. The predicted molar refractivity (Wildman–Crippen MR) is 92.4 cm³/mol. The number of pyridine rings is 1. The standard InChI is InChI=1S/C17H14BrN3O3/c1-10-11(2)21-24-16(10)20-15(22)14-4-3-9-19-17(14)23-13-7-5-12(18)6-8-13/h3-9H,1-2H3,(H,20,22). The van der Waals surface area contributed by atoms with Crippen LogP contribution in [-0.2, 0) is 0 Å². The molecule has 0 unspecified atom stereocenters. The normalized spacial score (nSPS) is 10.5. The van der Waals surface area contributed by atoms with Crippen LogP contribution in [0.15, 0.2) is 51.6 Å². The van der Waals surface area contributed by atoms with Gasteiger partial charge in [0.05, 0.1) is 5.69 Å². The number of rotatable bonds is 4. The van der Waals surface area contributed by atoms with E-state index in [1.165, 1.54) is 0 Å². The summed E-state index contributed by atoms with van der Waals surface area (Å²) in [5, 5.41) is 6.51. The second-order valence-corrected chi connectivity index (χ2v) is 6.00. The SMILES string of the molecule is Cc1noc(NC(=O)c2cccnc2Oc2ccc(Br)cc2)c1C. The molecule has 0 aliphatic carbocycles. The van der Waals surface area contributed by atoms with E-state index in [0.29, 0.717) is 17.2 Å². The fraction of sp³-hybridized carbons (Fsp3) is 0.118. The molecule has 122 valence electrons. The van der Waals surface area contributed by atoms with Gasteiger partial charge in [-0.15, -0.1) is 0 Å². The van der Waals surface area contributed by atoms with Gasteiger partial charge in [-0.05, 0) is 50.2 Å². The van der Waals surface area contributed by atoms with Gasteiger partial charge in [0.25, 0.3) is 5.91 Å². The van der Waals surface area contributed by atoms with E-state index in [9.17, 15) is 4.79 Å². The molecule has 7 heteroatoms. The number of ether oxygens (including phenoxy) is 1. The van der Waals surface area contributed by atoms with Gasteiger partial charge in [0.1, 0.15) is 11.3 Å². The van der Waals surface area contributed by atoms with Crippen LogP contribution in [-0.4, -0.2) is 16.0 Å². The number of hydrogen-bond acceptors (Lipinski definition) is 5. The number of nitrogens with one attached hydrogen (secondary N) is 1.